The number of hydrogen-bond acceptors (Lipinski definition) is 5. The fourth-order valence-electron chi connectivity index (χ4n) is 2.38. The molecule has 0 fully saturated rings. The Morgan fingerprint density at radius 3 is 2.70 bits per heavy atom. The highest BCUT2D eigenvalue weighted by Crippen LogP contribution is 2.24. The predicted molar refractivity (Wildman–Crippen MR) is 95.3 cm³/mol. The van der Waals surface area contributed by atoms with E-state index in [4.69, 9.17) is 5.26 Å². The minimum Gasteiger partial charge on any atom is -0.283 e. The first-order valence-electron chi connectivity index (χ1n) is 7.22. The molecule has 0 atom stereocenters. The third-order valence-corrected chi connectivity index (χ3v) is 5.47. The van der Waals surface area contributed by atoms with Gasteiger partial charge in [0.15, 0.2) is 5.16 Å². The number of aryl methyl sites for hydroxylation is 1. The molecule has 3 rings (SSSR count). The molecule has 6 heteroatoms. The van der Waals surface area contributed by atoms with Crippen LogP contribution >= 0.6 is 23.1 Å². The Bertz CT molecular complexity index is 949. The average Bonchev–Trinajstić information content (AvgIpc) is 3.01. The van der Waals surface area contributed by atoms with Crippen molar-refractivity contribution in [2.45, 2.75) is 25.0 Å². The van der Waals surface area contributed by atoms with Crippen LogP contribution in [-0.2, 0) is 13.0 Å². The van der Waals surface area contributed by atoms with Crippen LogP contribution in [0, 0.1) is 11.3 Å². The van der Waals surface area contributed by atoms with E-state index >= 15 is 0 Å². The molecule has 0 N–H and O–H groups in total. The van der Waals surface area contributed by atoms with Gasteiger partial charge in [-0.2, -0.15) is 5.26 Å². The summed E-state index contributed by atoms with van der Waals surface area (Å²) >= 11 is 3.06. The third-order valence-electron chi connectivity index (χ3n) is 3.62. The second kappa shape index (κ2) is 6.57. The standard InChI is InChI=1S/C17H15N3OS2/c1-3-13-8-14-15(23-13)19-17(22-2)20(16(14)21)10-12-6-4-11(9-18)5-7-12/h4-8H,3,10H2,1-2H3. The number of nitrogens with zero attached hydrogens (tertiary/aromatic N) is 3. The predicted octanol–water partition coefficient (Wildman–Crippen LogP) is 3.66. The quantitative estimate of drug-likeness (QED) is 0.537. The number of benzene rings is 1. The van der Waals surface area contributed by atoms with Crippen molar-refractivity contribution in [3.05, 3.63) is 56.7 Å². The molecule has 0 aliphatic rings. The maximum Gasteiger partial charge on any atom is 0.263 e. The van der Waals surface area contributed by atoms with Crippen molar-refractivity contribution >= 4 is 33.3 Å². The van der Waals surface area contributed by atoms with Gasteiger partial charge in [-0.1, -0.05) is 30.8 Å². The normalized spacial score (nSPS) is 10.8. The summed E-state index contributed by atoms with van der Waals surface area (Å²) in [6.45, 7) is 2.54. The largest absolute Gasteiger partial charge is 0.283 e. The Balaban J connectivity index is 2.09. The van der Waals surface area contributed by atoms with E-state index in [1.54, 1.807) is 28.0 Å². The first kappa shape index (κ1) is 15.8. The molecule has 0 amide bonds. The van der Waals surface area contributed by atoms with Gasteiger partial charge in [-0.15, -0.1) is 11.3 Å². The number of fused-ring (bicyclic) bond motifs is 1. The lowest BCUT2D eigenvalue weighted by atomic mass is 10.1. The molecule has 23 heavy (non-hydrogen) atoms. The van der Waals surface area contributed by atoms with E-state index in [1.165, 1.54) is 16.6 Å². The summed E-state index contributed by atoms with van der Waals surface area (Å²) in [6.07, 6.45) is 2.84. The molecular formula is C17H15N3OS2. The van der Waals surface area contributed by atoms with Crippen molar-refractivity contribution in [1.29, 1.82) is 5.26 Å². The molecule has 1 aromatic carbocycles. The van der Waals surface area contributed by atoms with Crippen molar-refractivity contribution in [2.24, 2.45) is 0 Å². The van der Waals surface area contributed by atoms with Crippen molar-refractivity contribution in [3.63, 3.8) is 0 Å². The van der Waals surface area contributed by atoms with Gasteiger partial charge in [-0.25, -0.2) is 4.98 Å². The fourth-order valence-corrected chi connectivity index (χ4v) is 3.95. The van der Waals surface area contributed by atoms with Crippen LogP contribution in [0.2, 0.25) is 0 Å². The van der Waals surface area contributed by atoms with Gasteiger partial charge in [0.25, 0.3) is 5.56 Å². The van der Waals surface area contributed by atoms with Gasteiger partial charge in [-0.05, 0) is 36.4 Å². The Morgan fingerprint density at radius 1 is 1.35 bits per heavy atom. The van der Waals surface area contributed by atoms with Crippen LogP contribution in [0.15, 0.2) is 40.3 Å². The van der Waals surface area contributed by atoms with E-state index in [0.29, 0.717) is 17.5 Å². The SMILES string of the molecule is CCc1cc2c(=O)n(Cc3ccc(C#N)cc3)c(SC)nc2s1. The van der Waals surface area contributed by atoms with Gasteiger partial charge in [0.2, 0.25) is 0 Å². The first-order chi connectivity index (χ1) is 11.2. The van der Waals surface area contributed by atoms with E-state index in [2.05, 4.69) is 18.0 Å². The van der Waals surface area contributed by atoms with Crippen molar-refractivity contribution in [1.82, 2.24) is 9.55 Å². The van der Waals surface area contributed by atoms with Crippen molar-refractivity contribution in [3.8, 4) is 6.07 Å². The van der Waals surface area contributed by atoms with Gasteiger partial charge >= 0.3 is 0 Å². The molecule has 0 spiro atoms. The van der Waals surface area contributed by atoms with Crippen LogP contribution < -0.4 is 5.56 Å². The Kier molecular flexibility index (Phi) is 4.51. The molecule has 4 nitrogen and oxygen atoms in total. The minimum atomic E-state index is -0.000315. The number of hydrogen-bond donors (Lipinski definition) is 0. The van der Waals surface area contributed by atoms with Crippen LogP contribution in [0.1, 0.15) is 22.9 Å². The highest BCUT2D eigenvalue weighted by atomic mass is 32.2. The van der Waals surface area contributed by atoms with Gasteiger partial charge in [0.05, 0.1) is 23.6 Å². The van der Waals surface area contributed by atoms with E-state index in [9.17, 15) is 4.79 Å². The van der Waals surface area contributed by atoms with Gasteiger partial charge in [0.1, 0.15) is 4.83 Å². The van der Waals surface area contributed by atoms with Crippen molar-refractivity contribution in [2.75, 3.05) is 6.26 Å². The first-order valence-corrected chi connectivity index (χ1v) is 9.26. The van der Waals surface area contributed by atoms with Crippen LogP contribution in [0.25, 0.3) is 10.2 Å². The maximum absolute atomic E-state index is 12.8. The molecular weight excluding hydrogens is 326 g/mol. The number of thiophene rings is 1. The lowest BCUT2D eigenvalue weighted by Gasteiger charge is -2.10. The Labute approximate surface area is 142 Å². The highest BCUT2D eigenvalue weighted by molar-refractivity contribution is 7.98. The summed E-state index contributed by atoms with van der Waals surface area (Å²) in [5, 5.41) is 10.3. The summed E-state index contributed by atoms with van der Waals surface area (Å²) < 4.78 is 1.71. The van der Waals surface area contributed by atoms with Crippen molar-refractivity contribution < 1.29 is 0 Å². The monoisotopic (exact) mass is 341 g/mol. The Hall–Kier alpha value is -2.10. The molecule has 2 aromatic heterocycles. The zero-order valence-corrected chi connectivity index (χ0v) is 14.5. The van der Waals surface area contributed by atoms with E-state index in [1.807, 2.05) is 24.5 Å². The topological polar surface area (TPSA) is 58.7 Å². The van der Waals surface area contributed by atoms with Gasteiger partial charge in [0, 0.05) is 4.88 Å². The smallest absolute Gasteiger partial charge is 0.263 e. The molecule has 3 aromatic rings. The van der Waals surface area contributed by atoms with E-state index in [-0.39, 0.29) is 5.56 Å². The number of aromatic nitrogens is 2. The van der Waals surface area contributed by atoms with E-state index < -0.39 is 0 Å². The molecule has 0 bridgehead atoms. The third kappa shape index (κ3) is 3.03. The molecule has 116 valence electrons. The maximum atomic E-state index is 12.8. The molecule has 0 aliphatic carbocycles. The number of nitriles is 1. The van der Waals surface area contributed by atoms with Crippen LogP contribution in [0.4, 0.5) is 0 Å². The lowest BCUT2D eigenvalue weighted by molar-refractivity contribution is 0.660. The fraction of sp³-hybridized carbons (Fsp3) is 0.235. The molecule has 0 aliphatic heterocycles. The van der Waals surface area contributed by atoms with Crippen LogP contribution in [-0.4, -0.2) is 15.8 Å². The second-order valence-electron chi connectivity index (χ2n) is 5.08. The second-order valence-corrected chi connectivity index (χ2v) is 6.97. The van der Waals surface area contributed by atoms with Gasteiger partial charge in [-0.3, -0.25) is 9.36 Å². The number of thioether (sulfide) groups is 1. The summed E-state index contributed by atoms with van der Waals surface area (Å²) in [5.74, 6) is 0. The minimum absolute atomic E-state index is 0.000315. The highest BCUT2D eigenvalue weighted by Gasteiger charge is 2.13. The zero-order chi connectivity index (χ0) is 16.4. The Morgan fingerprint density at radius 2 is 2.09 bits per heavy atom. The lowest BCUT2D eigenvalue weighted by Crippen LogP contribution is -2.23. The average molecular weight is 341 g/mol. The summed E-state index contributed by atoms with van der Waals surface area (Å²) in [7, 11) is 0. The molecule has 0 radical (unpaired) electrons. The molecule has 0 saturated carbocycles. The zero-order valence-electron chi connectivity index (χ0n) is 12.9. The molecule has 0 unspecified atom stereocenters. The van der Waals surface area contributed by atoms with E-state index in [0.717, 1.165) is 22.0 Å². The van der Waals surface area contributed by atoms with Crippen LogP contribution in [0.3, 0.4) is 0 Å². The van der Waals surface area contributed by atoms with Gasteiger partial charge < -0.3 is 0 Å². The van der Waals surface area contributed by atoms with Crippen LogP contribution in [0.5, 0.6) is 0 Å². The summed E-state index contributed by atoms with van der Waals surface area (Å²) in [4.78, 5) is 19.5. The number of rotatable bonds is 4. The summed E-state index contributed by atoms with van der Waals surface area (Å²) in [6, 6.07) is 11.4. The summed E-state index contributed by atoms with van der Waals surface area (Å²) in [5.41, 5.74) is 1.60. The molecule has 0 saturated heterocycles. The molecule has 2 heterocycles.